The zero-order valence-electron chi connectivity index (χ0n) is 20.4. The Labute approximate surface area is 209 Å². The molecule has 0 radical (unpaired) electrons. The van der Waals surface area contributed by atoms with Crippen LogP contribution in [0.4, 0.5) is 5.13 Å². The van der Waals surface area contributed by atoms with Crippen LogP contribution in [0.25, 0.3) is 5.76 Å². The highest BCUT2D eigenvalue weighted by Crippen LogP contribution is 2.43. The Morgan fingerprint density at radius 2 is 1.80 bits per heavy atom. The number of Topliss-reactive ketones (excluding diaryl/α,β-unsaturated/α-hetero) is 1. The Balaban J connectivity index is 1.80. The lowest BCUT2D eigenvalue weighted by molar-refractivity contribution is -0.132. The molecule has 1 fully saturated rings. The Bertz CT molecular complexity index is 1280. The molecule has 1 saturated heterocycles. The van der Waals surface area contributed by atoms with Crippen molar-refractivity contribution >= 4 is 33.9 Å². The average Bonchev–Trinajstić information content (AvgIpc) is 3.38. The molecule has 1 aliphatic heterocycles. The van der Waals surface area contributed by atoms with Crippen molar-refractivity contribution < 1.29 is 19.4 Å². The first-order valence-corrected chi connectivity index (χ1v) is 12.5. The Kier molecular flexibility index (Phi) is 7.31. The van der Waals surface area contributed by atoms with Gasteiger partial charge in [0.2, 0.25) is 5.13 Å². The molecule has 4 rings (SSSR count). The Hall–Kier alpha value is -3.52. The highest BCUT2D eigenvalue weighted by molar-refractivity contribution is 7.15. The molecule has 1 aliphatic rings. The molecule has 2 aromatic carbocycles. The van der Waals surface area contributed by atoms with E-state index in [-0.39, 0.29) is 11.3 Å². The third-order valence-corrected chi connectivity index (χ3v) is 6.86. The number of anilines is 1. The van der Waals surface area contributed by atoms with Gasteiger partial charge in [0.1, 0.15) is 16.5 Å². The number of carbonyl (C=O) groups is 2. The molecule has 1 N–H and O–H groups in total. The van der Waals surface area contributed by atoms with Gasteiger partial charge in [-0.1, -0.05) is 60.9 Å². The normalized spacial score (nSPS) is 17.3. The number of ether oxygens (including phenoxy) is 1. The molecule has 1 amide bonds. The summed E-state index contributed by atoms with van der Waals surface area (Å²) in [5.74, 6) is -0.972. The van der Waals surface area contributed by atoms with E-state index < -0.39 is 17.7 Å². The van der Waals surface area contributed by atoms with E-state index in [9.17, 15) is 14.7 Å². The summed E-state index contributed by atoms with van der Waals surface area (Å²) in [5, 5.41) is 20.5. The number of unbranched alkanes of at least 4 members (excludes halogenated alkanes) is 2. The van der Waals surface area contributed by atoms with Crippen molar-refractivity contribution in [3.8, 4) is 5.75 Å². The lowest BCUT2D eigenvalue weighted by atomic mass is 9.93. The van der Waals surface area contributed by atoms with Gasteiger partial charge >= 0.3 is 5.91 Å². The van der Waals surface area contributed by atoms with E-state index in [2.05, 4.69) is 17.1 Å². The minimum absolute atomic E-state index is 0.0353. The number of aromatic nitrogens is 2. The van der Waals surface area contributed by atoms with E-state index in [1.165, 1.54) is 16.2 Å². The molecule has 3 aromatic rings. The molecular weight excluding hydrogens is 462 g/mol. The van der Waals surface area contributed by atoms with Crippen molar-refractivity contribution in [3.05, 3.63) is 75.3 Å². The van der Waals surface area contributed by atoms with Crippen LogP contribution in [0.2, 0.25) is 0 Å². The van der Waals surface area contributed by atoms with E-state index in [1.54, 1.807) is 6.92 Å². The molecule has 7 nitrogen and oxygen atoms in total. The topological polar surface area (TPSA) is 92.6 Å². The van der Waals surface area contributed by atoms with Gasteiger partial charge in [0.25, 0.3) is 5.78 Å². The van der Waals surface area contributed by atoms with Crippen molar-refractivity contribution in [3.63, 3.8) is 0 Å². The van der Waals surface area contributed by atoms with E-state index in [1.807, 2.05) is 56.3 Å². The average molecular weight is 492 g/mol. The number of rotatable bonds is 8. The highest BCUT2D eigenvalue weighted by atomic mass is 32.1. The second-order valence-electron chi connectivity index (χ2n) is 8.72. The Morgan fingerprint density at radius 3 is 2.46 bits per heavy atom. The van der Waals surface area contributed by atoms with Crippen LogP contribution < -0.4 is 9.64 Å². The second-order valence-corrected chi connectivity index (χ2v) is 9.88. The van der Waals surface area contributed by atoms with Crippen molar-refractivity contribution in [2.45, 2.75) is 53.0 Å². The summed E-state index contributed by atoms with van der Waals surface area (Å²) in [5.41, 5.74) is 2.98. The number of aliphatic hydroxyl groups is 1. The molecule has 1 atom stereocenters. The van der Waals surface area contributed by atoms with Crippen LogP contribution >= 0.6 is 11.3 Å². The fraction of sp³-hybridized carbons (Fsp3) is 0.333. The number of nitrogens with zero attached hydrogens (tertiary/aromatic N) is 3. The van der Waals surface area contributed by atoms with E-state index in [0.717, 1.165) is 30.4 Å². The molecule has 0 bridgehead atoms. The SMILES string of the molecule is CCCCCOc1ccc(C2C(=C(O)c3cc(C)ccc3C)C(=O)C(=O)N2c2nnc(C)s2)cc1. The smallest absolute Gasteiger partial charge is 0.301 e. The predicted octanol–water partition coefficient (Wildman–Crippen LogP) is 5.66. The van der Waals surface area contributed by atoms with Gasteiger partial charge < -0.3 is 9.84 Å². The summed E-state index contributed by atoms with van der Waals surface area (Å²) in [7, 11) is 0. The first-order valence-electron chi connectivity index (χ1n) is 11.7. The van der Waals surface area contributed by atoms with Gasteiger partial charge in [-0.2, -0.15) is 0 Å². The van der Waals surface area contributed by atoms with Gasteiger partial charge in [-0.15, -0.1) is 10.2 Å². The van der Waals surface area contributed by atoms with E-state index in [4.69, 9.17) is 4.74 Å². The monoisotopic (exact) mass is 491 g/mol. The number of hydrogen-bond acceptors (Lipinski definition) is 7. The van der Waals surface area contributed by atoms with Crippen LogP contribution in [-0.4, -0.2) is 33.6 Å². The molecule has 2 heterocycles. The first-order chi connectivity index (χ1) is 16.8. The molecule has 1 unspecified atom stereocenters. The van der Waals surface area contributed by atoms with Gasteiger partial charge in [-0.3, -0.25) is 14.5 Å². The number of carbonyl (C=O) groups excluding carboxylic acids is 2. The molecule has 1 aromatic heterocycles. The van der Waals surface area contributed by atoms with Gasteiger partial charge in [0, 0.05) is 5.56 Å². The van der Waals surface area contributed by atoms with Crippen LogP contribution in [-0.2, 0) is 9.59 Å². The molecule has 35 heavy (non-hydrogen) atoms. The number of aliphatic hydroxyl groups excluding tert-OH is 1. The number of amides is 1. The highest BCUT2D eigenvalue weighted by Gasteiger charge is 2.48. The van der Waals surface area contributed by atoms with Crippen LogP contribution in [0.1, 0.15) is 59.5 Å². The van der Waals surface area contributed by atoms with Crippen molar-refractivity contribution in [1.82, 2.24) is 10.2 Å². The predicted molar refractivity (Wildman–Crippen MR) is 137 cm³/mol. The van der Waals surface area contributed by atoms with Crippen LogP contribution in [0.3, 0.4) is 0 Å². The van der Waals surface area contributed by atoms with Gasteiger partial charge in [0.15, 0.2) is 0 Å². The number of aryl methyl sites for hydroxylation is 3. The lowest BCUT2D eigenvalue weighted by Gasteiger charge is -2.23. The maximum absolute atomic E-state index is 13.3. The minimum Gasteiger partial charge on any atom is -0.507 e. The fourth-order valence-electron chi connectivity index (χ4n) is 4.15. The zero-order chi connectivity index (χ0) is 25.1. The second kappa shape index (κ2) is 10.4. The van der Waals surface area contributed by atoms with Crippen LogP contribution in [0.5, 0.6) is 5.75 Å². The molecular formula is C27H29N3O4S. The molecule has 182 valence electrons. The summed E-state index contributed by atoms with van der Waals surface area (Å²) in [4.78, 5) is 27.8. The summed E-state index contributed by atoms with van der Waals surface area (Å²) >= 11 is 1.22. The standard InChI is InChI=1S/C27H29N3O4S/c1-5-6-7-14-34-20-12-10-19(11-13-20)23-22(24(31)21-15-16(2)8-9-17(21)3)25(32)26(33)30(23)27-29-28-18(4)35-27/h8-13,15,23,31H,5-7,14H2,1-4H3. The first kappa shape index (κ1) is 24.6. The fourth-order valence-corrected chi connectivity index (χ4v) is 4.87. The number of ketones is 1. The summed E-state index contributed by atoms with van der Waals surface area (Å²) in [6.07, 6.45) is 3.20. The summed E-state index contributed by atoms with van der Waals surface area (Å²) < 4.78 is 5.83. The molecule has 0 saturated carbocycles. The largest absolute Gasteiger partial charge is 0.507 e. The maximum atomic E-state index is 13.3. The van der Waals surface area contributed by atoms with Crippen molar-refractivity contribution in [1.29, 1.82) is 0 Å². The third kappa shape index (κ3) is 4.98. The quantitative estimate of drug-likeness (QED) is 0.189. The number of benzene rings is 2. The van der Waals surface area contributed by atoms with Crippen molar-refractivity contribution in [2.75, 3.05) is 11.5 Å². The molecule has 8 heteroatoms. The minimum atomic E-state index is -0.837. The lowest BCUT2D eigenvalue weighted by Crippen LogP contribution is -2.29. The zero-order valence-corrected chi connectivity index (χ0v) is 21.2. The van der Waals surface area contributed by atoms with Gasteiger partial charge in [-0.25, -0.2) is 0 Å². The summed E-state index contributed by atoms with van der Waals surface area (Å²) in [6, 6.07) is 12.1. The third-order valence-electron chi connectivity index (χ3n) is 6.03. The number of hydrogen-bond donors (Lipinski definition) is 1. The Morgan fingerprint density at radius 1 is 1.06 bits per heavy atom. The molecule has 0 spiro atoms. The van der Waals surface area contributed by atoms with Crippen LogP contribution in [0.15, 0.2) is 48.0 Å². The molecule has 0 aliphatic carbocycles. The van der Waals surface area contributed by atoms with Gasteiger partial charge in [0.05, 0.1) is 18.2 Å². The maximum Gasteiger partial charge on any atom is 0.301 e. The van der Waals surface area contributed by atoms with Gasteiger partial charge in [-0.05, 0) is 56.5 Å². The van der Waals surface area contributed by atoms with Crippen molar-refractivity contribution in [2.24, 2.45) is 0 Å². The van der Waals surface area contributed by atoms with E-state index in [0.29, 0.717) is 33.6 Å². The van der Waals surface area contributed by atoms with Crippen LogP contribution in [0, 0.1) is 20.8 Å². The van der Waals surface area contributed by atoms with E-state index >= 15 is 0 Å². The summed E-state index contributed by atoms with van der Waals surface area (Å²) in [6.45, 7) is 8.33.